The predicted octanol–water partition coefficient (Wildman–Crippen LogP) is 2.77. The minimum Gasteiger partial charge on any atom is -0.366 e. The molecule has 4 heterocycles. The molecule has 0 saturated heterocycles. The van der Waals surface area contributed by atoms with Crippen molar-refractivity contribution < 1.29 is 0 Å². The zero-order valence-electron chi connectivity index (χ0n) is 17.6. The molecule has 0 atom stereocenters. The molecule has 0 fully saturated rings. The number of aryl methyl sites for hydroxylation is 1. The van der Waals surface area contributed by atoms with Gasteiger partial charge in [-0.1, -0.05) is 0 Å². The summed E-state index contributed by atoms with van der Waals surface area (Å²) in [5.41, 5.74) is 3.18. The number of aromatic nitrogens is 7. The Morgan fingerprint density at radius 3 is 2.41 bits per heavy atom. The fourth-order valence-corrected chi connectivity index (χ4v) is 3.49. The van der Waals surface area contributed by atoms with Crippen LogP contribution in [0.2, 0.25) is 0 Å². The maximum atomic E-state index is 12.0. The minimum absolute atomic E-state index is 0.0775. The van der Waals surface area contributed by atoms with Crippen molar-refractivity contribution in [2.45, 2.75) is 52.6 Å². The number of nitrogens with one attached hydrogen (secondary N) is 2. The molecule has 9 heteroatoms. The zero-order chi connectivity index (χ0) is 21.0. The van der Waals surface area contributed by atoms with Gasteiger partial charge in [-0.15, -0.1) is 0 Å². The van der Waals surface area contributed by atoms with Crippen molar-refractivity contribution in [1.29, 1.82) is 0 Å². The molecule has 0 aliphatic carbocycles. The Hall–Kier alpha value is -3.23. The second-order valence-corrected chi connectivity index (χ2v) is 8.96. The molecule has 0 unspecified atom stereocenters. The largest absolute Gasteiger partial charge is 0.366 e. The van der Waals surface area contributed by atoms with E-state index in [1.807, 2.05) is 24.0 Å². The Balaban J connectivity index is 1.69. The normalized spacial score (nSPS) is 12.8. The summed E-state index contributed by atoms with van der Waals surface area (Å²) in [6, 6.07) is 0. The average molecular weight is 394 g/mol. The minimum atomic E-state index is -0.402. The number of anilines is 1. The lowest BCUT2D eigenvalue weighted by atomic mass is 10.1. The van der Waals surface area contributed by atoms with Crippen LogP contribution in [0, 0.1) is 6.92 Å². The lowest BCUT2D eigenvalue weighted by molar-refractivity contribution is 0.386. The highest BCUT2D eigenvalue weighted by Gasteiger charge is 2.25. The number of fused-ring (bicyclic) bond motifs is 2. The summed E-state index contributed by atoms with van der Waals surface area (Å²) in [6.45, 7) is 13.2. The second-order valence-electron chi connectivity index (χ2n) is 8.96. The van der Waals surface area contributed by atoms with Gasteiger partial charge in [-0.05, 0) is 47.1 Å². The number of hydrogen-bond acceptors (Lipinski definition) is 6. The highest BCUT2D eigenvalue weighted by atomic mass is 16.1. The molecule has 0 saturated carbocycles. The van der Waals surface area contributed by atoms with Crippen LogP contribution in [0.5, 0.6) is 0 Å². The van der Waals surface area contributed by atoms with E-state index in [2.05, 4.69) is 69.4 Å². The molecule has 0 aliphatic rings. The van der Waals surface area contributed by atoms with E-state index in [1.54, 1.807) is 6.33 Å². The zero-order valence-corrected chi connectivity index (χ0v) is 17.6. The summed E-state index contributed by atoms with van der Waals surface area (Å²) in [5.74, 6) is 0.733. The highest BCUT2D eigenvalue weighted by Crippen LogP contribution is 2.29. The van der Waals surface area contributed by atoms with E-state index >= 15 is 0 Å². The first-order valence-electron chi connectivity index (χ1n) is 9.58. The number of pyridine rings is 1. The predicted molar refractivity (Wildman–Crippen MR) is 113 cm³/mol. The quantitative estimate of drug-likeness (QED) is 0.551. The van der Waals surface area contributed by atoms with Crippen LogP contribution in [0.4, 0.5) is 5.82 Å². The van der Waals surface area contributed by atoms with Crippen molar-refractivity contribution in [2.75, 3.05) is 11.9 Å². The maximum absolute atomic E-state index is 12.0. The first kappa shape index (κ1) is 19.1. The molecular formula is C20H26N8O. The lowest BCUT2D eigenvalue weighted by Gasteiger charge is -2.27. The Morgan fingerprint density at radius 1 is 1.00 bits per heavy atom. The van der Waals surface area contributed by atoms with Gasteiger partial charge in [-0.2, -0.15) is 0 Å². The van der Waals surface area contributed by atoms with Crippen LogP contribution in [-0.2, 0) is 11.1 Å². The van der Waals surface area contributed by atoms with Crippen LogP contribution in [-0.4, -0.2) is 40.6 Å². The summed E-state index contributed by atoms with van der Waals surface area (Å²) in [6.07, 6.45) is 6.79. The Labute approximate surface area is 168 Å². The molecule has 9 nitrogen and oxygen atoms in total. The number of nitrogens with zero attached hydrogens (tertiary/aromatic N) is 6. The van der Waals surface area contributed by atoms with Gasteiger partial charge >= 0.3 is 0 Å². The SMILES string of the molecule is Cc1cnc(NCC(C)(C)n2cnc3c(=O)[nH]cnc32)c2ncn(C(C)(C)C)c12. The van der Waals surface area contributed by atoms with Crippen LogP contribution in [0.25, 0.3) is 22.2 Å². The molecule has 0 bridgehead atoms. The van der Waals surface area contributed by atoms with E-state index in [0.29, 0.717) is 17.7 Å². The monoisotopic (exact) mass is 394 g/mol. The van der Waals surface area contributed by atoms with Gasteiger partial charge in [0, 0.05) is 18.3 Å². The van der Waals surface area contributed by atoms with Gasteiger partial charge in [-0.25, -0.2) is 19.9 Å². The molecule has 4 aromatic heterocycles. The first-order valence-corrected chi connectivity index (χ1v) is 9.58. The second kappa shape index (κ2) is 6.40. The van der Waals surface area contributed by atoms with E-state index in [1.165, 1.54) is 6.33 Å². The Bertz CT molecular complexity index is 1260. The lowest BCUT2D eigenvalue weighted by Crippen LogP contribution is -2.34. The number of aromatic amines is 1. The summed E-state index contributed by atoms with van der Waals surface area (Å²) in [4.78, 5) is 32.3. The molecule has 0 aliphatic heterocycles. The van der Waals surface area contributed by atoms with Crippen molar-refractivity contribution in [3.05, 3.63) is 41.1 Å². The van der Waals surface area contributed by atoms with Gasteiger partial charge < -0.3 is 19.4 Å². The van der Waals surface area contributed by atoms with Gasteiger partial charge in [0.1, 0.15) is 5.52 Å². The Kier molecular flexibility index (Phi) is 4.21. The molecule has 4 rings (SSSR count). The Morgan fingerprint density at radius 2 is 1.69 bits per heavy atom. The smallest absolute Gasteiger partial charge is 0.278 e. The fourth-order valence-electron chi connectivity index (χ4n) is 3.49. The van der Waals surface area contributed by atoms with E-state index < -0.39 is 5.54 Å². The number of rotatable bonds is 4. The van der Waals surface area contributed by atoms with E-state index in [4.69, 9.17) is 0 Å². The number of hydrogen-bond donors (Lipinski definition) is 2. The highest BCUT2D eigenvalue weighted by molar-refractivity contribution is 5.88. The van der Waals surface area contributed by atoms with Crippen LogP contribution < -0.4 is 10.9 Å². The van der Waals surface area contributed by atoms with Crippen molar-refractivity contribution in [2.24, 2.45) is 0 Å². The fraction of sp³-hybridized carbons (Fsp3) is 0.450. The van der Waals surface area contributed by atoms with Gasteiger partial charge in [0.05, 0.1) is 30.0 Å². The summed E-state index contributed by atoms with van der Waals surface area (Å²) < 4.78 is 4.08. The van der Waals surface area contributed by atoms with Gasteiger partial charge in [0.2, 0.25) is 0 Å². The molecule has 152 valence electrons. The molecule has 0 spiro atoms. The van der Waals surface area contributed by atoms with Crippen molar-refractivity contribution in [1.82, 2.24) is 34.1 Å². The summed E-state index contributed by atoms with van der Waals surface area (Å²) in [7, 11) is 0. The van der Waals surface area contributed by atoms with Crippen molar-refractivity contribution in [3.63, 3.8) is 0 Å². The van der Waals surface area contributed by atoms with Gasteiger partial charge in [-0.3, -0.25) is 4.79 Å². The average Bonchev–Trinajstić information content (AvgIpc) is 3.27. The molecular weight excluding hydrogens is 368 g/mol. The van der Waals surface area contributed by atoms with Crippen molar-refractivity contribution >= 4 is 28.0 Å². The topological polar surface area (TPSA) is 106 Å². The first-order chi connectivity index (χ1) is 13.6. The third-order valence-electron chi connectivity index (χ3n) is 5.16. The van der Waals surface area contributed by atoms with Crippen LogP contribution in [0.1, 0.15) is 40.2 Å². The van der Waals surface area contributed by atoms with E-state index in [9.17, 15) is 4.79 Å². The molecule has 29 heavy (non-hydrogen) atoms. The summed E-state index contributed by atoms with van der Waals surface area (Å²) >= 11 is 0. The number of imidazole rings is 2. The molecule has 0 aromatic carbocycles. The van der Waals surface area contributed by atoms with Crippen molar-refractivity contribution in [3.8, 4) is 0 Å². The maximum Gasteiger partial charge on any atom is 0.278 e. The molecule has 2 N–H and O–H groups in total. The summed E-state index contributed by atoms with van der Waals surface area (Å²) in [5, 5.41) is 3.44. The molecule has 0 amide bonds. The third kappa shape index (κ3) is 3.16. The molecule has 0 radical (unpaired) electrons. The van der Waals surface area contributed by atoms with Crippen LogP contribution in [0.3, 0.4) is 0 Å². The van der Waals surface area contributed by atoms with Gasteiger partial charge in [0.15, 0.2) is 17.0 Å². The van der Waals surface area contributed by atoms with Crippen LogP contribution in [0.15, 0.2) is 30.0 Å². The van der Waals surface area contributed by atoms with E-state index in [0.717, 1.165) is 22.4 Å². The number of H-pyrrole nitrogens is 1. The third-order valence-corrected chi connectivity index (χ3v) is 5.16. The van der Waals surface area contributed by atoms with Gasteiger partial charge in [0.25, 0.3) is 5.56 Å². The van der Waals surface area contributed by atoms with Crippen LogP contribution >= 0.6 is 0 Å². The van der Waals surface area contributed by atoms with E-state index in [-0.39, 0.29) is 11.1 Å². The standard InChI is InChI=1S/C20H26N8O/c1-12-7-21-16(13-15(12)27(10-25-13)19(2,3)4)22-8-20(5,6)28-11-26-14-17(28)23-9-24-18(14)29/h7,9-11H,8H2,1-6H3,(H,21,22)(H,23,24,29). The molecule has 4 aromatic rings.